The van der Waals surface area contributed by atoms with E-state index in [0.29, 0.717) is 39.3 Å². The molecule has 126 valence electrons. The monoisotopic (exact) mass is 383 g/mol. The molecule has 1 aromatic carbocycles. The first-order chi connectivity index (χ1) is 11.0. The third kappa shape index (κ3) is 3.96. The van der Waals surface area contributed by atoms with E-state index in [1.165, 1.54) is 6.07 Å². The Bertz CT molecular complexity index is 582. The van der Waals surface area contributed by atoms with Crippen molar-refractivity contribution in [2.45, 2.75) is 13.8 Å². The third-order valence-corrected chi connectivity index (χ3v) is 4.55. The summed E-state index contributed by atoms with van der Waals surface area (Å²) in [6.07, 6.45) is 0. The Balaban J connectivity index is 2.00. The second-order valence-corrected chi connectivity index (χ2v) is 6.31. The lowest BCUT2D eigenvalue weighted by Crippen LogP contribution is -2.54. The average Bonchev–Trinajstić information content (AvgIpc) is 2.57. The summed E-state index contributed by atoms with van der Waals surface area (Å²) in [5, 5.41) is 9.87. The smallest absolute Gasteiger partial charge is 0.320 e. The number of benzene rings is 1. The summed E-state index contributed by atoms with van der Waals surface area (Å²) in [5.41, 5.74) is 0.280. The van der Waals surface area contributed by atoms with E-state index in [9.17, 15) is 14.7 Å². The SMILES string of the molecule is CCN(CC)C(=O)N1CCN(C(=O)c2cc(Br)ccc2O)CC1. The molecule has 7 heteroatoms. The van der Waals surface area contributed by atoms with E-state index in [4.69, 9.17) is 0 Å². The number of urea groups is 1. The number of hydrogen-bond acceptors (Lipinski definition) is 3. The van der Waals surface area contributed by atoms with E-state index in [2.05, 4.69) is 15.9 Å². The summed E-state index contributed by atoms with van der Waals surface area (Å²) in [5.74, 6) is -0.237. The van der Waals surface area contributed by atoms with Gasteiger partial charge in [-0.3, -0.25) is 4.79 Å². The number of aromatic hydroxyl groups is 1. The van der Waals surface area contributed by atoms with Crippen LogP contribution in [0.25, 0.3) is 0 Å². The summed E-state index contributed by atoms with van der Waals surface area (Å²) in [6.45, 7) is 7.23. The number of phenolic OH excluding ortho intramolecular Hbond substituents is 1. The summed E-state index contributed by atoms with van der Waals surface area (Å²) < 4.78 is 0.744. The van der Waals surface area contributed by atoms with Gasteiger partial charge in [0.1, 0.15) is 5.75 Å². The second-order valence-electron chi connectivity index (χ2n) is 5.40. The van der Waals surface area contributed by atoms with Crippen molar-refractivity contribution in [3.05, 3.63) is 28.2 Å². The van der Waals surface area contributed by atoms with Crippen molar-refractivity contribution in [2.24, 2.45) is 0 Å². The third-order valence-electron chi connectivity index (χ3n) is 4.06. The van der Waals surface area contributed by atoms with E-state index in [-0.39, 0.29) is 23.3 Å². The second kappa shape index (κ2) is 7.68. The Morgan fingerprint density at radius 3 is 2.26 bits per heavy atom. The van der Waals surface area contributed by atoms with E-state index < -0.39 is 0 Å². The highest BCUT2D eigenvalue weighted by Gasteiger charge is 2.27. The molecule has 0 radical (unpaired) electrons. The van der Waals surface area contributed by atoms with Crippen molar-refractivity contribution in [2.75, 3.05) is 39.3 Å². The zero-order valence-corrected chi connectivity index (χ0v) is 15.0. The number of nitrogens with zero attached hydrogens (tertiary/aromatic N) is 3. The van der Waals surface area contributed by atoms with Gasteiger partial charge in [-0.05, 0) is 32.0 Å². The first-order valence-corrected chi connectivity index (χ1v) is 8.58. The molecule has 6 nitrogen and oxygen atoms in total. The largest absolute Gasteiger partial charge is 0.507 e. The number of amides is 3. The van der Waals surface area contributed by atoms with Gasteiger partial charge in [0.25, 0.3) is 5.91 Å². The van der Waals surface area contributed by atoms with Crippen LogP contribution in [-0.4, -0.2) is 71.0 Å². The number of rotatable bonds is 3. The fourth-order valence-electron chi connectivity index (χ4n) is 2.64. The lowest BCUT2D eigenvalue weighted by molar-refractivity contribution is 0.0638. The maximum atomic E-state index is 12.5. The molecule has 23 heavy (non-hydrogen) atoms. The van der Waals surface area contributed by atoms with Crippen molar-refractivity contribution in [1.29, 1.82) is 0 Å². The van der Waals surface area contributed by atoms with Crippen LogP contribution in [-0.2, 0) is 0 Å². The number of phenols is 1. The van der Waals surface area contributed by atoms with E-state index in [0.717, 1.165) is 4.47 Å². The molecule has 1 N–H and O–H groups in total. The van der Waals surface area contributed by atoms with Gasteiger partial charge in [0.2, 0.25) is 0 Å². The van der Waals surface area contributed by atoms with Crippen molar-refractivity contribution < 1.29 is 14.7 Å². The first kappa shape index (κ1) is 17.6. The summed E-state index contributed by atoms with van der Waals surface area (Å²) >= 11 is 3.31. The van der Waals surface area contributed by atoms with Gasteiger partial charge in [-0.15, -0.1) is 0 Å². The van der Waals surface area contributed by atoms with Gasteiger partial charge in [-0.25, -0.2) is 4.79 Å². The first-order valence-electron chi connectivity index (χ1n) is 7.79. The van der Waals surface area contributed by atoms with Crippen LogP contribution in [0.5, 0.6) is 5.75 Å². The van der Waals surface area contributed by atoms with Gasteiger partial charge in [-0.1, -0.05) is 15.9 Å². The maximum Gasteiger partial charge on any atom is 0.320 e. The fraction of sp³-hybridized carbons (Fsp3) is 0.500. The molecule has 0 unspecified atom stereocenters. The quantitative estimate of drug-likeness (QED) is 0.871. The summed E-state index contributed by atoms with van der Waals surface area (Å²) in [7, 11) is 0. The molecule has 1 fully saturated rings. The minimum Gasteiger partial charge on any atom is -0.507 e. The van der Waals surface area contributed by atoms with Gasteiger partial charge in [0.15, 0.2) is 0 Å². The lowest BCUT2D eigenvalue weighted by Gasteiger charge is -2.37. The molecule has 0 aliphatic carbocycles. The molecule has 2 rings (SSSR count). The minimum atomic E-state index is -0.210. The van der Waals surface area contributed by atoms with E-state index in [1.54, 1.807) is 26.8 Å². The van der Waals surface area contributed by atoms with E-state index in [1.807, 2.05) is 13.8 Å². The summed E-state index contributed by atoms with van der Waals surface area (Å²) in [6, 6.07) is 4.82. The van der Waals surface area contributed by atoms with Crippen molar-refractivity contribution in [3.63, 3.8) is 0 Å². The Hall–Kier alpha value is -1.76. The molecule has 1 aromatic rings. The van der Waals surface area contributed by atoms with Gasteiger partial charge < -0.3 is 19.8 Å². The van der Waals surface area contributed by atoms with Crippen molar-refractivity contribution in [1.82, 2.24) is 14.7 Å². The Morgan fingerprint density at radius 1 is 1.13 bits per heavy atom. The molecule has 0 spiro atoms. The molecule has 0 saturated carbocycles. The van der Waals surface area contributed by atoms with Crippen molar-refractivity contribution >= 4 is 27.9 Å². The highest BCUT2D eigenvalue weighted by Crippen LogP contribution is 2.23. The van der Waals surface area contributed by atoms with Crippen LogP contribution in [0.4, 0.5) is 4.79 Å². The number of carbonyl (C=O) groups excluding carboxylic acids is 2. The number of carbonyl (C=O) groups is 2. The Kier molecular flexibility index (Phi) is 5.87. The van der Waals surface area contributed by atoms with Gasteiger partial charge in [0, 0.05) is 43.7 Å². The molecule has 1 saturated heterocycles. The van der Waals surface area contributed by atoms with Crippen molar-refractivity contribution in [3.8, 4) is 5.75 Å². The standard InChI is InChI=1S/C16H22BrN3O3/c1-3-18(4-2)16(23)20-9-7-19(8-10-20)15(22)13-11-12(17)5-6-14(13)21/h5-6,11,21H,3-4,7-10H2,1-2H3. The van der Waals surface area contributed by atoms with Crippen LogP contribution in [0.3, 0.4) is 0 Å². The molecule has 1 aliphatic heterocycles. The minimum absolute atomic E-state index is 0.0207. The molecular formula is C16H22BrN3O3. The topological polar surface area (TPSA) is 64.1 Å². The maximum absolute atomic E-state index is 12.5. The molecule has 0 atom stereocenters. The predicted molar refractivity (Wildman–Crippen MR) is 91.6 cm³/mol. The predicted octanol–water partition coefficient (Wildman–Crippen LogP) is 2.37. The molecule has 1 heterocycles. The molecular weight excluding hydrogens is 362 g/mol. The zero-order chi connectivity index (χ0) is 17.0. The van der Waals surface area contributed by atoms with Gasteiger partial charge in [0.05, 0.1) is 5.56 Å². The fourth-order valence-corrected chi connectivity index (χ4v) is 3.01. The Morgan fingerprint density at radius 2 is 1.70 bits per heavy atom. The normalized spacial score (nSPS) is 14.7. The van der Waals surface area contributed by atoms with Crippen LogP contribution >= 0.6 is 15.9 Å². The van der Waals surface area contributed by atoms with Crippen LogP contribution < -0.4 is 0 Å². The molecule has 0 aromatic heterocycles. The van der Waals surface area contributed by atoms with Gasteiger partial charge in [-0.2, -0.15) is 0 Å². The van der Waals surface area contributed by atoms with Crippen LogP contribution in [0, 0.1) is 0 Å². The number of halogens is 1. The highest BCUT2D eigenvalue weighted by molar-refractivity contribution is 9.10. The highest BCUT2D eigenvalue weighted by atomic mass is 79.9. The summed E-state index contributed by atoms with van der Waals surface area (Å²) in [4.78, 5) is 30.1. The number of piperazine rings is 1. The zero-order valence-electron chi connectivity index (χ0n) is 13.5. The molecule has 3 amide bonds. The van der Waals surface area contributed by atoms with Crippen LogP contribution in [0.1, 0.15) is 24.2 Å². The van der Waals surface area contributed by atoms with E-state index >= 15 is 0 Å². The Labute approximate surface area is 144 Å². The lowest BCUT2D eigenvalue weighted by atomic mass is 10.1. The average molecular weight is 384 g/mol. The number of hydrogen-bond donors (Lipinski definition) is 1. The van der Waals surface area contributed by atoms with Crippen LogP contribution in [0.2, 0.25) is 0 Å². The molecule has 0 bridgehead atoms. The van der Waals surface area contributed by atoms with Gasteiger partial charge >= 0.3 is 6.03 Å². The van der Waals surface area contributed by atoms with Crippen LogP contribution in [0.15, 0.2) is 22.7 Å². The molecule has 1 aliphatic rings.